The summed E-state index contributed by atoms with van der Waals surface area (Å²) in [5, 5.41) is 43.5. The predicted molar refractivity (Wildman–Crippen MR) is 258 cm³/mol. The molecule has 0 bridgehead atoms. The van der Waals surface area contributed by atoms with Gasteiger partial charge in [0.1, 0.15) is 36.6 Å². The second-order valence-electron chi connectivity index (χ2n) is 15.4. The maximum atomic E-state index is 13.8. The molecule has 27 nitrogen and oxygen atoms in total. The Morgan fingerprint density at radius 2 is 1.06 bits per heavy atom. The molecule has 0 saturated carbocycles. The van der Waals surface area contributed by atoms with E-state index < -0.39 is 89.1 Å². The van der Waals surface area contributed by atoms with Gasteiger partial charge in [0, 0.05) is 11.4 Å². The molecular weight excluding hydrogens is 1140 g/mol. The molecule has 0 aliphatic heterocycles. The fourth-order valence-electron chi connectivity index (χ4n) is 6.53. The van der Waals surface area contributed by atoms with Crippen LogP contribution in [0.2, 0.25) is 0 Å². The van der Waals surface area contributed by atoms with Crippen molar-refractivity contribution in [2.75, 3.05) is 23.0 Å². The Balaban J connectivity index is 0.00000427. The van der Waals surface area contributed by atoms with Crippen LogP contribution in [0.3, 0.4) is 0 Å². The molecule has 0 aliphatic carbocycles. The molecule has 0 amide bonds. The van der Waals surface area contributed by atoms with Gasteiger partial charge in [0.25, 0.3) is 10.1 Å². The number of fused-ring (bicyclic) bond motifs is 1. The van der Waals surface area contributed by atoms with Gasteiger partial charge in [0.15, 0.2) is 9.84 Å². The van der Waals surface area contributed by atoms with E-state index >= 15 is 0 Å². The average molecular weight is 1180 g/mol. The van der Waals surface area contributed by atoms with Crippen LogP contribution in [-0.2, 0) is 54.8 Å². The summed E-state index contributed by atoms with van der Waals surface area (Å²) in [6.07, 6.45) is 0. The Bertz CT molecular complexity index is 4070. The van der Waals surface area contributed by atoms with Crippen molar-refractivity contribution >= 4 is 119 Å². The van der Waals surface area contributed by atoms with Gasteiger partial charge in [-0.15, -0.1) is 10.2 Å². The molecule has 0 spiro atoms. The number of nitrogens with zero attached hydrogens (tertiary/aromatic N) is 9. The van der Waals surface area contributed by atoms with Gasteiger partial charge in [-0.2, -0.15) is 52.2 Å². The maximum Gasteiger partial charge on any atom is 1.00 e. The van der Waals surface area contributed by atoms with E-state index in [1.54, 1.807) is 20.8 Å². The summed E-state index contributed by atoms with van der Waals surface area (Å²) in [7, 11) is -23.8. The summed E-state index contributed by atoms with van der Waals surface area (Å²) in [6, 6.07) is 21.1. The van der Waals surface area contributed by atoms with E-state index in [4.69, 9.17) is 4.55 Å². The van der Waals surface area contributed by atoms with Crippen LogP contribution in [0.4, 0.5) is 57.4 Å². The first-order valence-electron chi connectivity index (χ1n) is 20.5. The topological polar surface area (TPSA) is 426 Å². The van der Waals surface area contributed by atoms with Crippen LogP contribution >= 0.6 is 0 Å². The van der Waals surface area contributed by atoms with Crippen LogP contribution in [0.15, 0.2) is 153 Å². The van der Waals surface area contributed by atoms with Gasteiger partial charge >= 0.3 is 99.1 Å². The number of azo groups is 3. The average Bonchev–Trinajstić information content (AvgIpc) is 3.29. The molecule has 0 aliphatic rings. The van der Waals surface area contributed by atoms with E-state index in [1.807, 2.05) is 0 Å². The third-order valence-corrected chi connectivity index (χ3v) is 14.8. The minimum Gasteiger partial charge on any atom is -0.871 e. The maximum absolute atomic E-state index is 13.8. The summed E-state index contributed by atoms with van der Waals surface area (Å²) in [5.41, 5.74) is 0.567. The number of aromatic nitrogens is 3. The normalized spacial score (nSPS) is 12.4. The second kappa shape index (κ2) is 26.1. The third kappa shape index (κ3) is 17.4. The first kappa shape index (κ1) is 64.9. The molecule has 1 aromatic heterocycles. The quantitative estimate of drug-likeness (QED) is 0.0428. The number of sulfone groups is 1. The number of anilines is 4. The first-order chi connectivity index (χ1) is 34.5. The molecule has 0 saturated heterocycles. The number of benzene rings is 6. The van der Waals surface area contributed by atoms with Crippen LogP contribution in [0, 0.1) is 20.8 Å². The van der Waals surface area contributed by atoms with E-state index in [-0.39, 0.29) is 156 Å². The molecule has 1 heterocycles. The van der Waals surface area contributed by atoms with Crippen LogP contribution < -0.4 is 104 Å². The fourth-order valence-corrected chi connectivity index (χ4v) is 9.77. The minimum absolute atomic E-state index is 0. The van der Waals surface area contributed by atoms with Gasteiger partial charge in [0.2, 0.25) is 11.9 Å². The Kier molecular flexibility index (Phi) is 22.0. The zero-order valence-corrected chi connectivity index (χ0v) is 51.0. The first-order valence-corrected chi connectivity index (χ1v) is 27.8. The molecule has 35 heteroatoms. The van der Waals surface area contributed by atoms with Crippen LogP contribution in [-0.4, -0.2) is 87.6 Å². The van der Waals surface area contributed by atoms with E-state index in [0.29, 0.717) is 16.8 Å². The number of hydrogen-bond acceptors (Lipinski definition) is 25. The molecule has 386 valence electrons. The van der Waals surface area contributed by atoms with Crippen molar-refractivity contribution in [3.05, 3.63) is 120 Å². The van der Waals surface area contributed by atoms with Gasteiger partial charge < -0.3 is 24.8 Å². The minimum atomic E-state index is -5.15. The molecule has 0 fully saturated rings. The zero-order chi connectivity index (χ0) is 54.0. The Morgan fingerprint density at radius 3 is 1.62 bits per heavy atom. The number of hydrogen-bond donors (Lipinski definition) is 4. The molecule has 7 rings (SSSR count). The van der Waals surface area contributed by atoms with E-state index in [2.05, 4.69) is 60.5 Å². The number of aryl methyl sites for hydroxylation is 3. The van der Waals surface area contributed by atoms with Gasteiger partial charge in [-0.05, 0) is 140 Å². The summed E-state index contributed by atoms with van der Waals surface area (Å²) in [5.74, 6) is -1.43. The molecule has 4 N–H and O–H groups in total. The van der Waals surface area contributed by atoms with Gasteiger partial charge in [-0.3, -0.25) is 9.11 Å². The molecule has 77 heavy (non-hydrogen) atoms. The molecule has 0 atom stereocenters. The van der Waals surface area contributed by atoms with Crippen molar-refractivity contribution < 1.29 is 158 Å². The van der Waals surface area contributed by atoms with E-state index in [0.717, 1.165) is 30.3 Å². The van der Waals surface area contributed by atoms with Crippen molar-refractivity contribution in [3.63, 3.8) is 0 Å². The molecule has 0 unspecified atom stereocenters. The molecule has 0 radical (unpaired) electrons. The third-order valence-electron chi connectivity index (χ3n) is 10.0. The molecule has 7 aromatic rings. The van der Waals surface area contributed by atoms with E-state index in [9.17, 15) is 60.9 Å². The zero-order valence-electron chi connectivity index (χ0n) is 40.9. The summed E-state index contributed by atoms with van der Waals surface area (Å²) in [6.45, 7) is 3.87. The summed E-state index contributed by atoms with van der Waals surface area (Å²) < 4.78 is 165. The van der Waals surface area contributed by atoms with Gasteiger partial charge in [-0.1, -0.05) is 11.8 Å². The standard InChI is InChI=1S/C42H37N11O16S5.3Na/c1-23-19-36(24(2)18-35(23)51-50-34-15-9-30(22-37(34)72(60,61)62)49-48-28-6-12-32(13-7-28)71(57,58)59)52-53-39-38(73(63,64)65)21-26-20-29(8-14-33(26)40(39)54)46-42-44-25(3)43-41(47-42)45-27-4-10-31(11-5-27)70(55,56)17-16-69-74(66,67)68;;;/h4-15,18-22,54H,16-17H2,1-3H3,(H,57,58,59)(H,60,61,62)(H,63,64,65)(H,66,67,68)(H2,43,44,45,46,47);;;/q;3*+1/p-3. The van der Waals surface area contributed by atoms with Crippen molar-refractivity contribution in [3.8, 4) is 5.75 Å². The van der Waals surface area contributed by atoms with Crippen molar-refractivity contribution in [2.45, 2.75) is 40.4 Å². The largest absolute Gasteiger partial charge is 1.00 e. The Hall–Kier alpha value is -4.66. The Labute approximate surface area is 506 Å². The van der Waals surface area contributed by atoms with E-state index in [1.165, 1.54) is 72.8 Å². The van der Waals surface area contributed by atoms with Crippen LogP contribution in [0.1, 0.15) is 17.0 Å². The molecular formula is C42H34N11Na3O16S5. The van der Waals surface area contributed by atoms with Crippen molar-refractivity contribution in [2.24, 2.45) is 30.7 Å². The van der Waals surface area contributed by atoms with Gasteiger partial charge in [-0.25, -0.2) is 29.4 Å². The SMILES string of the molecule is Cc1nc(Nc2ccc(S(=O)(=O)CCOS(=O)(=O)O)cc2)nc(Nc2ccc3c([O-])c(N=Nc4cc(C)c(N=Nc5ccc(N=Nc6ccc(S(=O)(=O)[O-])cc6)cc5S(=O)(=O)[O-])cc4C)c(S(=O)(=O)O)cc3c2)n1.[Na+].[Na+].[Na+]. The number of rotatable bonds is 18. The molecule has 6 aromatic carbocycles. The van der Waals surface area contributed by atoms with Crippen molar-refractivity contribution in [1.29, 1.82) is 0 Å². The van der Waals surface area contributed by atoms with Crippen LogP contribution in [0.5, 0.6) is 5.75 Å². The predicted octanol–water partition coefficient (Wildman–Crippen LogP) is -1.58. The second-order valence-corrected chi connectivity index (χ2v) is 22.7. The summed E-state index contributed by atoms with van der Waals surface area (Å²) >= 11 is 0. The fraction of sp³-hybridized carbons (Fsp3) is 0.119. The van der Waals surface area contributed by atoms with Crippen LogP contribution in [0.25, 0.3) is 10.8 Å². The van der Waals surface area contributed by atoms with Gasteiger partial charge in [0.05, 0.1) is 55.5 Å². The van der Waals surface area contributed by atoms with Crippen molar-refractivity contribution in [1.82, 2.24) is 15.0 Å². The smallest absolute Gasteiger partial charge is 0.871 e. The Morgan fingerprint density at radius 1 is 0.545 bits per heavy atom. The monoisotopic (exact) mass is 1180 g/mol. The summed E-state index contributed by atoms with van der Waals surface area (Å²) in [4.78, 5) is 10.4. The number of nitrogens with one attached hydrogen (secondary N) is 2.